The Morgan fingerprint density at radius 2 is 1.89 bits per heavy atom. The van der Waals surface area contributed by atoms with E-state index in [1.165, 1.54) is 0 Å². The van der Waals surface area contributed by atoms with E-state index in [1.807, 2.05) is 0 Å². The zero-order chi connectivity index (χ0) is 19.6. The molecule has 0 aromatic heterocycles. The maximum atomic E-state index is 12.2. The van der Waals surface area contributed by atoms with E-state index in [1.54, 1.807) is 6.92 Å². The van der Waals surface area contributed by atoms with Gasteiger partial charge in [0.1, 0.15) is 0 Å². The molecular weight excluding hydrogens is 364 g/mol. The highest BCUT2D eigenvalue weighted by Crippen LogP contribution is 2.66. The zero-order valence-electron chi connectivity index (χ0n) is 16.6. The zero-order valence-corrected chi connectivity index (χ0v) is 17.4. The van der Waals surface area contributed by atoms with Gasteiger partial charge in [-0.2, -0.15) is 8.42 Å². The number of Topliss-reactive ketones (excluding diaryl/α,β-unsaturated/α-hetero) is 1. The van der Waals surface area contributed by atoms with Gasteiger partial charge in [0.2, 0.25) is 0 Å². The van der Waals surface area contributed by atoms with Crippen molar-refractivity contribution in [3.63, 3.8) is 0 Å². The molecule has 3 fully saturated rings. The van der Waals surface area contributed by atoms with Crippen molar-refractivity contribution >= 4 is 16.2 Å². The van der Waals surface area contributed by atoms with Crippen molar-refractivity contribution in [1.29, 1.82) is 0 Å². The molecule has 0 saturated heterocycles. The van der Waals surface area contributed by atoms with Gasteiger partial charge in [0.15, 0.2) is 5.78 Å². The quantitative estimate of drug-likeness (QED) is 0.718. The summed E-state index contributed by atoms with van der Waals surface area (Å²) in [5.74, 6) is 2.55. The van der Waals surface area contributed by atoms with Gasteiger partial charge < -0.3 is 0 Å². The number of carbonyl (C=O) groups excluding carboxylic acids is 1. The number of hydrogen-bond donors (Lipinski definition) is 1. The molecule has 0 heterocycles. The Bertz CT molecular complexity index is 771. The molecule has 4 aliphatic rings. The van der Waals surface area contributed by atoms with Gasteiger partial charge in [-0.3, -0.25) is 9.35 Å². The molecule has 152 valence electrons. The van der Waals surface area contributed by atoms with Gasteiger partial charge in [-0.1, -0.05) is 19.9 Å². The number of carbonyl (C=O) groups is 1. The minimum Gasteiger partial charge on any atom is -0.295 e. The molecule has 1 N–H and O–H groups in total. The van der Waals surface area contributed by atoms with Crippen LogP contribution in [0.5, 0.6) is 0 Å². The Labute approximate surface area is 162 Å². The number of ketones is 1. The third-order valence-electron chi connectivity index (χ3n) is 8.84. The topological polar surface area (TPSA) is 80.7 Å². The SMILES string of the molecule is CC(=O)C1=CC[C@H]2[C@@H]3CCC4CC(OS(=O)(=O)O)CC[C@]4(C)[C@H]3CC[C@]12C. The third kappa shape index (κ3) is 3.12. The first kappa shape index (κ1) is 19.6. The minimum atomic E-state index is -4.38. The van der Waals surface area contributed by atoms with Gasteiger partial charge in [0.25, 0.3) is 0 Å². The standard InChI is InChI=1S/C21H32O5S/c1-13(22)17-6-7-18-16-5-4-14-12-15(26-27(23,24)25)8-10-20(14,2)19(16)9-11-21(17,18)3/h6,14-16,18-19H,4-5,7-12H2,1-3H3,(H,23,24,25)/t14?,15?,16-,18-,19-,20-,21+/m0/s1. The number of allylic oxidation sites excluding steroid dienone is 2. The molecule has 27 heavy (non-hydrogen) atoms. The van der Waals surface area contributed by atoms with Crippen molar-refractivity contribution in [1.82, 2.24) is 0 Å². The van der Waals surface area contributed by atoms with Crippen molar-refractivity contribution in [2.45, 2.75) is 78.2 Å². The van der Waals surface area contributed by atoms with Gasteiger partial charge in [-0.05, 0) is 98.4 Å². The number of fused-ring (bicyclic) bond motifs is 5. The van der Waals surface area contributed by atoms with E-state index in [0.29, 0.717) is 30.1 Å². The average molecular weight is 397 g/mol. The highest BCUT2D eigenvalue weighted by atomic mass is 32.3. The molecule has 0 aromatic carbocycles. The van der Waals surface area contributed by atoms with Crippen molar-refractivity contribution in [2.24, 2.45) is 34.5 Å². The van der Waals surface area contributed by atoms with E-state index < -0.39 is 10.4 Å². The first-order valence-electron chi connectivity index (χ1n) is 10.4. The summed E-state index contributed by atoms with van der Waals surface area (Å²) >= 11 is 0. The van der Waals surface area contributed by atoms with Crippen LogP contribution in [0.25, 0.3) is 0 Å². The van der Waals surface area contributed by atoms with Crippen LogP contribution in [0.1, 0.15) is 72.1 Å². The molecule has 0 bridgehead atoms. The molecular formula is C21H32O5S. The van der Waals surface area contributed by atoms with Crippen molar-refractivity contribution in [3.8, 4) is 0 Å². The summed E-state index contributed by atoms with van der Waals surface area (Å²) in [5, 5.41) is 0. The summed E-state index contributed by atoms with van der Waals surface area (Å²) in [5.41, 5.74) is 1.31. The normalized spacial score (nSPS) is 46.8. The molecule has 0 aliphatic heterocycles. The average Bonchev–Trinajstić information content (AvgIpc) is 2.91. The van der Waals surface area contributed by atoms with E-state index in [0.717, 1.165) is 50.5 Å². The Balaban J connectivity index is 1.54. The third-order valence-corrected chi connectivity index (χ3v) is 9.35. The van der Waals surface area contributed by atoms with Crippen LogP contribution < -0.4 is 0 Å². The number of rotatable bonds is 3. The van der Waals surface area contributed by atoms with Gasteiger partial charge >= 0.3 is 10.4 Å². The van der Waals surface area contributed by atoms with Gasteiger partial charge in [0.05, 0.1) is 6.10 Å². The van der Waals surface area contributed by atoms with Crippen LogP contribution in [-0.2, 0) is 19.4 Å². The molecule has 6 heteroatoms. The van der Waals surface area contributed by atoms with Crippen LogP contribution in [0.15, 0.2) is 11.6 Å². The highest BCUT2D eigenvalue weighted by molar-refractivity contribution is 7.80. The van der Waals surface area contributed by atoms with Gasteiger partial charge in [-0.15, -0.1) is 0 Å². The van der Waals surface area contributed by atoms with Gasteiger partial charge in [-0.25, -0.2) is 4.18 Å². The fourth-order valence-corrected chi connectivity index (χ4v) is 8.11. The Morgan fingerprint density at radius 1 is 1.15 bits per heavy atom. The van der Waals surface area contributed by atoms with Crippen LogP contribution >= 0.6 is 0 Å². The maximum Gasteiger partial charge on any atom is 0.397 e. The Hall–Kier alpha value is -0.720. The molecule has 4 rings (SSSR count). The molecule has 4 aliphatic carbocycles. The second-order valence-corrected chi connectivity index (χ2v) is 11.0. The lowest BCUT2D eigenvalue weighted by Gasteiger charge is -2.60. The molecule has 2 unspecified atom stereocenters. The maximum absolute atomic E-state index is 12.2. The first-order valence-corrected chi connectivity index (χ1v) is 11.8. The lowest BCUT2D eigenvalue weighted by molar-refractivity contribution is -0.123. The molecule has 0 amide bonds. The fraction of sp³-hybridized carbons (Fsp3) is 0.857. The van der Waals surface area contributed by atoms with Crippen LogP contribution in [-0.4, -0.2) is 24.9 Å². The molecule has 0 spiro atoms. The summed E-state index contributed by atoms with van der Waals surface area (Å²) < 4.78 is 36.2. The Kier molecular flexibility index (Phi) is 4.64. The van der Waals surface area contributed by atoms with Gasteiger partial charge in [0, 0.05) is 0 Å². The summed E-state index contributed by atoms with van der Waals surface area (Å²) in [6.45, 7) is 6.41. The highest BCUT2D eigenvalue weighted by Gasteiger charge is 2.59. The van der Waals surface area contributed by atoms with Crippen molar-refractivity contribution < 1.29 is 21.9 Å². The second-order valence-electron chi connectivity index (χ2n) is 9.94. The predicted octanol–water partition coefficient (Wildman–Crippen LogP) is 4.34. The number of hydrogen-bond acceptors (Lipinski definition) is 4. The van der Waals surface area contributed by atoms with E-state index in [4.69, 9.17) is 8.74 Å². The minimum absolute atomic E-state index is 0.0431. The Morgan fingerprint density at radius 3 is 2.56 bits per heavy atom. The summed E-state index contributed by atoms with van der Waals surface area (Å²) in [4.78, 5) is 12.2. The van der Waals surface area contributed by atoms with Crippen LogP contribution in [0.2, 0.25) is 0 Å². The first-order chi connectivity index (χ1) is 12.5. The van der Waals surface area contributed by atoms with E-state index >= 15 is 0 Å². The summed E-state index contributed by atoms with van der Waals surface area (Å²) in [6.07, 6.45) is 9.69. The molecule has 0 radical (unpaired) electrons. The second kappa shape index (κ2) is 6.39. The lowest BCUT2D eigenvalue weighted by atomic mass is 9.44. The molecule has 3 saturated carbocycles. The summed E-state index contributed by atoms with van der Waals surface area (Å²) in [6, 6.07) is 0. The summed E-state index contributed by atoms with van der Waals surface area (Å²) in [7, 11) is -4.38. The largest absolute Gasteiger partial charge is 0.397 e. The predicted molar refractivity (Wildman–Crippen MR) is 102 cm³/mol. The van der Waals surface area contributed by atoms with Crippen LogP contribution in [0.3, 0.4) is 0 Å². The van der Waals surface area contributed by atoms with E-state index in [2.05, 4.69) is 19.9 Å². The monoisotopic (exact) mass is 396 g/mol. The smallest absolute Gasteiger partial charge is 0.295 e. The molecule has 7 atom stereocenters. The van der Waals surface area contributed by atoms with Crippen LogP contribution in [0, 0.1) is 34.5 Å². The lowest BCUT2D eigenvalue weighted by Crippen LogP contribution is -2.54. The fourth-order valence-electron chi connectivity index (χ4n) is 7.59. The molecule has 0 aromatic rings. The van der Waals surface area contributed by atoms with Crippen molar-refractivity contribution in [3.05, 3.63) is 11.6 Å². The van der Waals surface area contributed by atoms with Crippen LogP contribution in [0.4, 0.5) is 0 Å². The van der Waals surface area contributed by atoms with E-state index in [-0.39, 0.29) is 22.7 Å². The van der Waals surface area contributed by atoms with Crippen molar-refractivity contribution in [2.75, 3.05) is 0 Å². The van der Waals surface area contributed by atoms with E-state index in [9.17, 15) is 13.2 Å². The molecule has 5 nitrogen and oxygen atoms in total.